The first-order valence-electron chi connectivity index (χ1n) is 11.2. The molecule has 2 aromatic heterocycles. The summed E-state index contributed by atoms with van der Waals surface area (Å²) in [4.78, 5) is 26.4. The summed E-state index contributed by atoms with van der Waals surface area (Å²) in [6.07, 6.45) is 4.06. The Bertz CT molecular complexity index is 1280. The summed E-state index contributed by atoms with van der Waals surface area (Å²) >= 11 is 2.76. The number of carbonyl (C=O) groups excluding carboxylic acids is 2. The van der Waals surface area contributed by atoms with Crippen LogP contribution >= 0.6 is 23.1 Å². The van der Waals surface area contributed by atoms with Crippen LogP contribution in [-0.2, 0) is 24.7 Å². The molecule has 0 aliphatic heterocycles. The highest BCUT2D eigenvalue weighted by Gasteiger charge is 2.23. The maximum Gasteiger partial charge on any atom is 0.251 e. The van der Waals surface area contributed by atoms with Crippen molar-refractivity contribution in [2.24, 2.45) is 7.05 Å². The lowest BCUT2D eigenvalue weighted by molar-refractivity contribution is -0.113. The monoisotopic (exact) mass is 510 g/mol. The molecule has 11 heteroatoms. The molecule has 2 N–H and O–H groups in total. The zero-order valence-corrected chi connectivity index (χ0v) is 21.4. The second-order valence-electron chi connectivity index (χ2n) is 8.19. The number of hydrogen-bond acceptors (Lipinski definition) is 8. The molecule has 0 spiro atoms. The molecule has 1 unspecified atom stereocenters. The molecule has 1 atom stereocenters. The van der Waals surface area contributed by atoms with Crippen LogP contribution in [0.15, 0.2) is 29.4 Å². The first kappa shape index (κ1) is 24.8. The van der Waals surface area contributed by atoms with E-state index >= 15 is 0 Å². The van der Waals surface area contributed by atoms with Crippen molar-refractivity contribution in [3.63, 3.8) is 0 Å². The number of nitriles is 1. The molecule has 2 amide bonds. The summed E-state index contributed by atoms with van der Waals surface area (Å²) in [6, 6.07) is 8.72. The van der Waals surface area contributed by atoms with Crippen molar-refractivity contribution in [1.82, 2.24) is 20.1 Å². The molecule has 1 aliphatic rings. The van der Waals surface area contributed by atoms with Gasteiger partial charge in [0.25, 0.3) is 5.91 Å². The molecule has 0 saturated carbocycles. The smallest absolute Gasteiger partial charge is 0.251 e. The molecule has 35 heavy (non-hydrogen) atoms. The number of carbonyl (C=O) groups is 2. The SMILES string of the molecule is COc1ccc(C(=O)NC(C)c2nnc(SCC(=O)Nc3sc4c(c3C#N)CCCC4)n2C)cc1. The van der Waals surface area contributed by atoms with Gasteiger partial charge in [-0.1, -0.05) is 11.8 Å². The number of aryl methyl sites for hydroxylation is 1. The molecule has 0 radical (unpaired) electrons. The number of thioether (sulfide) groups is 1. The van der Waals surface area contributed by atoms with E-state index in [1.165, 1.54) is 28.0 Å². The maximum absolute atomic E-state index is 12.6. The minimum absolute atomic E-state index is 0.131. The van der Waals surface area contributed by atoms with Gasteiger partial charge in [-0.2, -0.15) is 5.26 Å². The molecule has 1 aliphatic carbocycles. The number of benzene rings is 1. The predicted molar refractivity (Wildman–Crippen MR) is 135 cm³/mol. The zero-order valence-electron chi connectivity index (χ0n) is 19.8. The molecular weight excluding hydrogens is 484 g/mol. The highest BCUT2D eigenvalue weighted by Crippen LogP contribution is 2.37. The van der Waals surface area contributed by atoms with Gasteiger partial charge in [-0.05, 0) is 62.4 Å². The third-order valence-electron chi connectivity index (χ3n) is 5.82. The number of methoxy groups -OCH3 is 1. The van der Waals surface area contributed by atoms with Gasteiger partial charge in [0.15, 0.2) is 11.0 Å². The van der Waals surface area contributed by atoms with Crippen molar-refractivity contribution in [3.8, 4) is 11.8 Å². The number of rotatable bonds is 8. The highest BCUT2D eigenvalue weighted by molar-refractivity contribution is 7.99. The zero-order chi connectivity index (χ0) is 24.9. The molecule has 0 bridgehead atoms. The highest BCUT2D eigenvalue weighted by atomic mass is 32.2. The number of ether oxygens (including phenoxy) is 1. The number of anilines is 1. The summed E-state index contributed by atoms with van der Waals surface area (Å²) in [5.74, 6) is 0.953. The van der Waals surface area contributed by atoms with Crippen LogP contribution in [0.3, 0.4) is 0 Å². The van der Waals surface area contributed by atoms with Crippen LogP contribution in [-0.4, -0.2) is 39.4 Å². The van der Waals surface area contributed by atoms with Crippen LogP contribution < -0.4 is 15.4 Å². The van der Waals surface area contributed by atoms with Crippen molar-refractivity contribution in [3.05, 3.63) is 51.7 Å². The predicted octanol–water partition coefficient (Wildman–Crippen LogP) is 3.86. The van der Waals surface area contributed by atoms with Gasteiger partial charge in [0.2, 0.25) is 5.91 Å². The summed E-state index contributed by atoms with van der Waals surface area (Å²) in [7, 11) is 3.37. The Labute approximate surface area is 211 Å². The van der Waals surface area contributed by atoms with Crippen LogP contribution in [0.5, 0.6) is 5.75 Å². The van der Waals surface area contributed by atoms with E-state index in [9.17, 15) is 14.9 Å². The Morgan fingerprint density at radius 3 is 2.71 bits per heavy atom. The molecule has 0 saturated heterocycles. The Morgan fingerprint density at radius 1 is 1.26 bits per heavy atom. The third-order valence-corrected chi connectivity index (χ3v) is 8.05. The van der Waals surface area contributed by atoms with E-state index in [1.807, 2.05) is 6.92 Å². The Balaban J connectivity index is 1.35. The summed E-state index contributed by atoms with van der Waals surface area (Å²) in [6.45, 7) is 1.83. The second-order valence-corrected chi connectivity index (χ2v) is 10.2. The lowest BCUT2D eigenvalue weighted by atomic mass is 9.96. The second kappa shape index (κ2) is 10.9. The van der Waals surface area contributed by atoms with Crippen molar-refractivity contribution in [1.29, 1.82) is 5.26 Å². The topological polar surface area (TPSA) is 122 Å². The fourth-order valence-electron chi connectivity index (χ4n) is 3.98. The van der Waals surface area contributed by atoms with E-state index in [4.69, 9.17) is 4.74 Å². The Morgan fingerprint density at radius 2 is 2.00 bits per heavy atom. The standard InChI is InChI=1S/C24H26N6O3S2/c1-14(26-22(32)15-8-10-16(33-3)11-9-15)21-28-29-24(30(21)2)34-13-20(31)27-23-18(12-25)17-6-4-5-7-19(17)35-23/h8-11,14H,4-7,13H2,1-3H3,(H,26,32)(H,27,31). The number of nitrogens with one attached hydrogen (secondary N) is 2. The van der Waals surface area contributed by atoms with E-state index in [0.717, 1.165) is 31.2 Å². The molecule has 4 rings (SSSR count). The first-order chi connectivity index (χ1) is 16.9. The van der Waals surface area contributed by atoms with Crippen molar-refractivity contribution >= 4 is 39.9 Å². The third kappa shape index (κ3) is 5.49. The summed E-state index contributed by atoms with van der Waals surface area (Å²) in [5.41, 5.74) is 2.21. The van der Waals surface area contributed by atoms with E-state index in [-0.39, 0.29) is 23.6 Å². The lowest BCUT2D eigenvalue weighted by Crippen LogP contribution is -2.28. The van der Waals surface area contributed by atoms with Gasteiger partial charge in [-0.15, -0.1) is 21.5 Å². The number of thiophene rings is 1. The average Bonchev–Trinajstić information content (AvgIpc) is 3.41. The number of aromatic nitrogens is 3. The summed E-state index contributed by atoms with van der Waals surface area (Å²) < 4.78 is 6.89. The molecule has 2 heterocycles. The van der Waals surface area contributed by atoms with Gasteiger partial charge in [0, 0.05) is 17.5 Å². The summed E-state index contributed by atoms with van der Waals surface area (Å²) in [5, 5.41) is 25.0. The quantitative estimate of drug-likeness (QED) is 0.441. The minimum Gasteiger partial charge on any atom is -0.497 e. The molecule has 182 valence electrons. The molecule has 9 nitrogen and oxygen atoms in total. The number of amides is 2. The van der Waals surface area contributed by atoms with Crippen LogP contribution in [0.2, 0.25) is 0 Å². The van der Waals surface area contributed by atoms with Crippen LogP contribution in [0, 0.1) is 11.3 Å². The van der Waals surface area contributed by atoms with Crippen molar-refractivity contribution < 1.29 is 14.3 Å². The van der Waals surface area contributed by atoms with E-state index < -0.39 is 0 Å². The molecule has 1 aromatic carbocycles. The minimum atomic E-state index is -0.388. The number of nitrogens with zero attached hydrogens (tertiary/aromatic N) is 4. The lowest BCUT2D eigenvalue weighted by Gasteiger charge is -2.14. The fraction of sp³-hybridized carbons (Fsp3) is 0.375. The van der Waals surface area contributed by atoms with Crippen LogP contribution in [0.4, 0.5) is 5.00 Å². The number of fused-ring (bicyclic) bond motifs is 1. The van der Waals surface area contributed by atoms with Crippen LogP contribution in [0.25, 0.3) is 0 Å². The fourth-order valence-corrected chi connectivity index (χ4v) is 5.95. The van der Waals surface area contributed by atoms with Gasteiger partial charge in [-0.25, -0.2) is 0 Å². The van der Waals surface area contributed by atoms with E-state index in [2.05, 4.69) is 26.9 Å². The van der Waals surface area contributed by atoms with Gasteiger partial charge in [-0.3, -0.25) is 9.59 Å². The van der Waals surface area contributed by atoms with Crippen LogP contribution in [0.1, 0.15) is 58.0 Å². The largest absolute Gasteiger partial charge is 0.497 e. The van der Waals surface area contributed by atoms with Gasteiger partial charge >= 0.3 is 0 Å². The van der Waals surface area contributed by atoms with Crippen molar-refractivity contribution in [2.45, 2.75) is 43.8 Å². The van der Waals surface area contributed by atoms with E-state index in [1.54, 1.807) is 43.0 Å². The Hall–Kier alpha value is -3.36. The Kier molecular flexibility index (Phi) is 7.73. The van der Waals surface area contributed by atoms with Crippen molar-refractivity contribution in [2.75, 3.05) is 18.2 Å². The maximum atomic E-state index is 12.6. The molecule has 0 fully saturated rings. The number of hydrogen-bond donors (Lipinski definition) is 2. The first-order valence-corrected chi connectivity index (χ1v) is 13.0. The van der Waals surface area contributed by atoms with E-state index in [0.29, 0.717) is 32.9 Å². The van der Waals surface area contributed by atoms with Gasteiger partial charge < -0.3 is 19.9 Å². The molecular formula is C24H26N6O3S2. The molecule has 3 aromatic rings. The normalized spacial score (nSPS) is 13.4. The van der Waals surface area contributed by atoms with Gasteiger partial charge in [0.05, 0.1) is 24.5 Å². The average molecular weight is 511 g/mol. The van der Waals surface area contributed by atoms with Gasteiger partial charge in [0.1, 0.15) is 16.8 Å².